The van der Waals surface area contributed by atoms with Crippen LogP contribution in [0.25, 0.3) is 20.7 Å². The molecule has 2 fully saturated rings. The zero-order valence-corrected chi connectivity index (χ0v) is 59.0. The highest BCUT2D eigenvalue weighted by Gasteiger charge is 2.44. The summed E-state index contributed by atoms with van der Waals surface area (Å²) in [5.74, 6) is 2.97. The van der Waals surface area contributed by atoms with Crippen molar-refractivity contribution >= 4 is 90.0 Å². The van der Waals surface area contributed by atoms with Crippen molar-refractivity contribution in [2.24, 2.45) is 11.1 Å². The predicted octanol–water partition coefficient (Wildman–Crippen LogP) is 7.37. The monoisotopic (exact) mass is 1420 g/mol. The van der Waals surface area contributed by atoms with Crippen LogP contribution in [0.4, 0.5) is 14.7 Å². The quantitative estimate of drug-likeness (QED) is 0.0165. The van der Waals surface area contributed by atoms with Gasteiger partial charge in [0.1, 0.15) is 18.7 Å². The number of para-hydroxylation sites is 1. The highest BCUT2D eigenvalue weighted by Crippen LogP contribution is 2.35. The summed E-state index contributed by atoms with van der Waals surface area (Å²) in [7, 11) is 0. The summed E-state index contributed by atoms with van der Waals surface area (Å²) in [4.78, 5) is 102. The second-order valence-corrected chi connectivity index (χ2v) is 28.6. The van der Waals surface area contributed by atoms with Gasteiger partial charge in [-0.1, -0.05) is 92.5 Å². The number of aryl methyl sites for hydroxylation is 2. The van der Waals surface area contributed by atoms with Gasteiger partial charge in [0.25, 0.3) is 5.91 Å². The molecule has 7 aromatic rings. The molecule has 0 spiro atoms. The summed E-state index contributed by atoms with van der Waals surface area (Å²) in [6.45, 7) is 12.8. The van der Waals surface area contributed by atoms with Crippen molar-refractivity contribution < 1.29 is 62.3 Å². The average molecular weight is 1430 g/mol. The number of piperazine rings is 1. The molecule has 4 aromatic carbocycles. The topological polar surface area (TPSA) is 306 Å². The summed E-state index contributed by atoms with van der Waals surface area (Å²) in [6, 6.07) is 23.8. The van der Waals surface area contributed by atoms with Crippen LogP contribution in [-0.4, -0.2) is 192 Å². The molecule has 6 heterocycles. The Morgan fingerprint density at radius 2 is 1.65 bits per heavy atom. The third-order valence-corrected chi connectivity index (χ3v) is 20.3. The van der Waals surface area contributed by atoms with Gasteiger partial charge in [-0.15, -0.1) is 22.7 Å². The number of hydrogen-bond donors (Lipinski definition) is 7. The lowest BCUT2D eigenvalue weighted by molar-refractivity contribution is -0.144. The lowest BCUT2D eigenvalue weighted by Gasteiger charge is -2.35. The molecule has 3 atom stereocenters. The van der Waals surface area contributed by atoms with E-state index in [0.717, 1.165) is 43.0 Å². The van der Waals surface area contributed by atoms with Crippen LogP contribution in [0.15, 0.2) is 102 Å². The first kappa shape index (κ1) is 73.8. The standard InChI is InChI=1S/C72H85FN12O12S3/c1-46-64(98-45-77-46)50-21-18-48(19-22-50)39-76-67(90)57-38-52(86)41-85(57)68(91)65(72(2,3)4)79-61(87)44-96-36-34-94-33-35-95-43-51(74)40-75-25-8-17-62(88)83-30-28-82(29-31-83)26-9-11-47-20-23-58(55(73)37-47)97-32-10-16-60-63(69(92)93)80-71(100-60)84-27-24-49-12-7-13-53(54(49)42-84)66(89)81-70-78-56-14-5-6-15-59(56)99-70/h5-7,12-15,18-23,37,40,45,52,57,65,75,86H,8,10,16-17,24-36,38-39,41-44,74H2,1-4H3,(H,76,90)(H,79,87)(H,92,93)(H,78,81,89)/b51-40-/t52-,57+,65-/m1/s1. The molecule has 0 saturated carbocycles. The predicted molar refractivity (Wildman–Crippen MR) is 382 cm³/mol. The number of amides is 5. The number of ether oxygens (including phenoxy) is 4. The van der Waals surface area contributed by atoms with Gasteiger partial charge in [-0.25, -0.2) is 24.1 Å². The molecule has 28 heteroatoms. The number of aromatic nitrogens is 3. The second kappa shape index (κ2) is 35.4. The van der Waals surface area contributed by atoms with Crippen molar-refractivity contribution in [1.82, 2.24) is 45.6 Å². The van der Waals surface area contributed by atoms with Crippen LogP contribution in [-0.2, 0) is 59.3 Å². The molecule has 0 bridgehead atoms. The van der Waals surface area contributed by atoms with Gasteiger partial charge in [0.2, 0.25) is 23.6 Å². The van der Waals surface area contributed by atoms with Crippen LogP contribution in [0, 0.1) is 30.0 Å². The zero-order valence-electron chi connectivity index (χ0n) is 56.5. The van der Waals surface area contributed by atoms with E-state index in [-0.39, 0.29) is 89.0 Å². The van der Waals surface area contributed by atoms with E-state index in [2.05, 4.69) is 53.0 Å². The van der Waals surface area contributed by atoms with Gasteiger partial charge < -0.3 is 65.5 Å². The minimum Gasteiger partial charge on any atom is -0.491 e. The van der Waals surface area contributed by atoms with E-state index in [9.17, 15) is 39.0 Å². The normalized spacial score (nSPS) is 16.0. The molecule has 3 aliphatic rings. The molecular formula is C72H85FN12O12S3. The van der Waals surface area contributed by atoms with E-state index in [1.165, 1.54) is 39.7 Å². The molecule has 0 unspecified atom stereocenters. The van der Waals surface area contributed by atoms with Crippen molar-refractivity contribution in [3.63, 3.8) is 0 Å². The highest BCUT2D eigenvalue weighted by atomic mass is 32.1. The number of nitrogens with zero attached hydrogens (tertiary/aromatic N) is 7. The number of aliphatic hydroxyl groups is 1. The van der Waals surface area contributed by atoms with Gasteiger partial charge in [-0.2, -0.15) is 0 Å². The Labute approximate surface area is 592 Å². The van der Waals surface area contributed by atoms with E-state index in [4.69, 9.17) is 24.7 Å². The Kier molecular flexibility index (Phi) is 26.1. The van der Waals surface area contributed by atoms with Gasteiger partial charge in [0, 0.05) is 93.9 Å². The molecule has 8 N–H and O–H groups in total. The van der Waals surface area contributed by atoms with Gasteiger partial charge in [0.15, 0.2) is 27.5 Å². The molecule has 10 rings (SSSR count). The number of thiazole rings is 3. The maximum absolute atomic E-state index is 15.2. The smallest absolute Gasteiger partial charge is 0.355 e. The van der Waals surface area contributed by atoms with Crippen LogP contribution in [0.3, 0.4) is 0 Å². The molecule has 24 nitrogen and oxygen atoms in total. The number of hydrogen-bond acceptors (Lipinski definition) is 21. The Morgan fingerprint density at radius 1 is 0.880 bits per heavy atom. The number of nitrogens with two attached hydrogens (primary N) is 1. The van der Waals surface area contributed by atoms with Crippen molar-refractivity contribution in [2.75, 3.05) is 109 Å². The first-order chi connectivity index (χ1) is 48.2. The first-order valence-corrected chi connectivity index (χ1v) is 35.9. The molecule has 3 aliphatic heterocycles. The number of aromatic carboxylic acids is 1. The number of halogens is 1. The number of β-amino-alcohol motifs (C(OH)–C–C–N with tert-alkyl or cyclic N) is 1. The number of fused-ring (bicyclic) bond motifs is 2. The third kappa shape index (κ3) is 20.4. The zero-order chi connectivity index (χ0) is 70.7. The maximum atomic E-state index is 15.2. The minimum atomic E-state index is -1.14. The van der Waals surface area contributed by atoms with E-state index < -0.39 is 53.1 Å². The number of carbonyl (C=O) groups is 6. The van der Waals surface area contributed by atoms with E-state index in [1.807, 2.05) is 98.2 Å². The number of carboxylic acid groups (broad SMARTS) is 1. The Balaban J connectivity index is 0.545. The number of benzene rings is 4. The fourth-order valence-electron chi connectivity index (χ4n) is 11.8. The Morgan fingerprint density at radius 3 is 2.39 bits per heavy atom. The number of rotatable bonds is 31. The van der Waals surface area contributed by atoms with Crippen molar-refractivity contribution in [1.29, 1.82) is 0 Å². The minimum absolute atomic E-state index is 0.0325. The number of likely N-dealkylation sites (tertiary alicyclic amines) is 1. The van der Waals surface area contributed by atoms with Gasteiger partial charge in [0.05, 0.1) is 84.3 Å². The van der Waals surface area contributed by atoms with Crippen molar-refractivity contribution in [3.8, 4) is 28.0 Å². The second-order valence-electron chi connectivity index (χ2n) is 25.6. The van der Waals surface area contributed by atoms with Gasteiger partial charge in [-0.05, 0) is 96.7 Å². The largest absolute Gasteiger partial charge is 0.491 e. The lowest BCUT2D eigenvalue weighted by atomic mass is 9.85. The van der Waals surface area contributed by atoms with Crippen LogP contribution < -0.4 is 36.6 Å². The van der Waals surface area contributed by atoms with E-state index in [1.54, 1.807) is 35.2 Å². The van der Waals surface area contributed by atoms with E-state index in [0.29, 0.717) is 116 Å². The van der Waals surface area contributed by atoms with Gasteiger partial charge in [-0.3, -0.25) is 34.2 Å². The molecule has 3 aromatic heterocycles. The molecular weight excluding hydrogens is 1340 g/mol. The first-order valence-electron chi connectivity index (χ1n) is 33.4. The summed E-state index contributed by atoms with van der Waals surface area (Å²) < 4.78 is 38.8. The molecule has 5 amide bonds. The maximum Gasteiger partial charge on any atom is 0.355 e. The SMILES string of the molecule is Cc1ncsc1-c1ccc(CNC(=O)[C@@H]2C[C@@H](O)CN2C(=O)[C@@H](NC(=O)COCCOCCOC/C(N)=C/NCCCC(=O)N2CCN(CC#Cc3ccc(OCCCc4sc(N5CCc6cccc(C(=O)Nc7nc8ccccc8s7)c6C5)nc4C(=O)O)c(F)c3)CC2)C(C)(C)C)cc1. The van der Waals surface area contributed by atoms with Crippen molar-refractivity contribution in [2.45, 2.75) is 97.5 Å². The van der Waals surface area contributed by atoms with Crippen LogP contribution in [0.2, 0.25) is 0 Å². The summed E-state index contributed by atoms with van der Waals surface area (Å²) >= 11 is 4.27. The summed E-state index contributed by atoms with van der Waals surface area (Å²) in [6.07, 6.45) is 3.24. The third-order valence-electron chi connectivity index (χ3n) is 17.1. The molecule has 2 saturated heterocycles. The number of carboxylic acids is 1. The Bertz CT molecular complexity index is 4070. The summed E-state index contributed by atoms with van der Waals surface area (Å²) in [5.41, 5.74) is 14.2. The van der Waals surface area contributed by atoms with Crippen LogP contribution in [0.5, 0.6) is 5.75 Å². The molecule has 100 heavy (non-hydrogen) atoms. The van der Waals surface area contributed by atoms with Crippen molar-refractivity contribution in [3.05, 3.63) is 152 Å². The summed E-state index contributed by atoms with van der Waals surface area (Å²) in [5, 5.41) is 33.6. The van der Waals surface area contributed by atoms with Gasteiger partial charge >= 0.3 is 5.97 Å². The number of anilines is 2. The Hall–Kier alpha value is -8.92. The average Bonchev–Trinajstić information content (AvgIpc) is 1.58. The highest BCUT2D eigenvalue weighted by molar-refractivity contribution is 7.22. The van der Waals surface area contributed by atoms with E-state index >= 15 is 4.39 Å². The fourth-order valence-corrected chi connectivity index (χ4v) is 14.6. The number of aliphatic hydroxyl groups excluding tert-OH is 1. The molecule has 530 valence electrons. The molecule has 0 radical (unpaired) electrons. The fraction of sp³-hybridized carbons (Fsp3) is 0.431. The molecule has 0 aliphatic carbocycles. The van der Waals surface area contributed by atoms with Crippen LogP contribution >= 0.6 is 34.0 Å². The number of nitrogens with one attached hydrogen (secondary N) is 4. The lowest BCUT2D eigenvalue weighted by Crippen LogP contribution is -2.58. The van der Waals surface area contributed by atoms with Crippen LogP contribution in [0.1, 0.15) is 100 Å². The number of carbonyl (C=O) groups excluding carboxylic acids is 5.